The molecule has 2 aromatic carbocycles. The molecule has 5 heteroatoms. The zero-order valence-electron chi connectivity index (χ0n) is 16.6. The normalized spacial score (nSPS) is 34.5. The second kappa shape index (κ2) is 6.13. The Balaban J connectivity index is 1.79. The van der Waals surface area contributed by atoms with Crippen molar-refractivity contribution in [3.63, 3.8) is 0 Å². The molecular weight excluding hydrogens is 352 g/mol. The maximum absolute atomic E-state index is 6.30. The molecule has 4 unspecified atom stereocenters. The summed E-state index contributed by atoms with van der Waals surface area (Å²) in [6.07, 6.45) is 3.38. The summed E-state index contributed by atoms with van der Waals surface area (Å²) in [7, 11) is 5.15. The van der Waals surface area contributed by atoms with Crippen LogP contribution in [0.2, 0.25) is 0 Å². The molecule has 0 saturated heterocycles. The van der Waals surface area contributed by atoms with Crippen LogP contribution in [0.3, 0.4) is 0 Å². The van der Waals surface area contributed by atoms with Crippen LogP contribution in [0.15, 0.2) is 64.8 Å². The number of hydrogen-bond donors (Lipinski definition) is 0. The molecule has 2 aromatic rings. The van der Waals surface area contributed by atoms with Crippen molar-refractivity contribution in [2.24, 2.45) is 22.1 Å². The Hall–Kier alpha value is -2.24. The summed E-state index contributed by atoms with van der Waals surface area (Å²) < 4.78 is 18.0. The molecule has 0 radical (unpaired) electrons. The van der Waals surface area contributed by atoms with Gasteiger partial charge in [-0.05, 0) is 36.1 Å². The van der Waals surface area contributed by atoms with Crippen molar-refractivity contribution in [3.05, 3.63) is 65.7 Å². The van der Waals surface area contributed by atoms with Gasteiger partial charge in [-0.2, -0.15) is 10.2 Å². The van der Waals surface area contributed by atoms with Gasteiger partial charge in [0, 0.05) is 26.1 Å². The van der Waals surface area contributed by atoms with Gasteiger partial charge in [-0.1, -0.05) is 48.9 Å². The Bertz CT molecular complexity index is 894. The van der Waals surface area contributed by atoms with E-state index >= 15 is 0 Å². The zero-order chi connectivity index (χ0) is 19.4. The van der Waals surface area contributed by atoms with Gasteiger partial charge in [0.2, 0.25) is 5.79 Å². The summed E-state index contributed by atoms with van der Waals surface area (Å²) in [6, 6.07) is 18.6. The van der Waals surface area contributed by atoms with E-state index in [1.54, 1.807) is 21.3 Å². The third-order valence-corrected chi connectivity index (χ3v) is 7.28. The SMILES string of the molecule is COc1ccc(C23N=NC(c4ccccc4)(C4CCCC42)C3(OC)OC)cc1. The average Bonchev–Trinajstić information content (AvgIpc) is 3.42. The van der Waals surface area contributed by atoms with Crippen LogP contribution in [-0.2, 0) is 20.6 Å². The lowest BCUT2D eigenvalue weighted by Gasteiger charge is -2.44. The van der Waals surface area contributed by atoms with Crippen molar-refractivity contribution in [1.29, 1.82) is 0 Å². The smallest absolute Gasteiger partial charge is 0.232 e. The van der Waals surface area contributed by atoms with E-state index in [0.29, 0.717) is 11.8 Å². The molecule has 2 bridgehead atoms. The first-order valence-corrected chi connectivity index (χ1v) is 9.94. The fourth-order valence-corrected chi connectivity index (χ4v) is 6.34. The van der Waals surface area contributed by atoms with E-state index in [9.17, 15) is 0 Å². The number of azo groups is 1. The molecular formula is C23H26N2O3. The molecule has 5 nitrogen and oxygen atoms in total. The molecule has 28 heavy (non-hydrogen) atoms. The van der Waals surface area contributed by atoms with Gasteiger partial charge >= 0.3 is 0 Å². The lowest BCUT2D eigenvalue weighted by molar-refractivity contribution is -0.263. The van der Waals surface area contributed by atoms with Crippen molar-refractivity contribution >= 4 is 0 Å². The van der Waals surface area contributed by atoms with Crippen LogP contribution in [0.5, 0.6) is 5.75 Å². The van der Waals surface area contributed by atoms with Crippen molar-refractivity contribution in [2.75, 3.05) is 21.3 Å². The quantitative estimate of drug-likeness (QED) is 0.711. The summed E-state index contributed by atoms with van der Waals surface area (Å²) in [5, 5.41) is 9.96. The van der Waals surface area contributed by atoms with Crippen LogP contribution in [0.25, 0.3) is 0 Å². The second-order valence-corrected chi connectivity index (χ2v) is 8.00. The van der Waals surface area contributed by atoms with Gasteiger partial charge < -0.3 is 14.2 Å². The van der Waals surface area contributed by atoms with Crippen LogP contribution in [-0.4, -0.2) is 27.1 Å². The van der Waals surface area contributed by atoms with Gasteiger partial charge in [0.05, 0.1) is 7.11 Å². The molecule has 3 aliphatic rings. The standard InChI is InChI=1S/C23H26N2O3/c1-26-18-14-12-17(13-15-18)22-20-11-7-10-19(20)21(24-25-22,23(22,27-2)28-3)16-8-5-4-6-9-16/h4-6,8-9,12-15,19-20H,7,10-11H2,1-3H3. The first kappa shape index (κ1) is 17.8. The molecule has 0 N–H and O–H groups in total. The van der Waals surface area contributed by atoms with E-state index in [0.717, 1.165) is 29.7 Å². The summed E-state index contributed by atoms with van der Waals surface area (Å²) >= 11 is 0. The minimum Gasteiger partial charge on any atom is -0.497 e. The molecule has 2 fully saturated rings. The number of hydrogen-bond acceptors (Lipinski definition) is 5. The van der Waals surface area contributed by atoms with Gasteiger partial charge in [-0.3, -0.25) is 0 Å². The number of ether oxygens (including phenoxy) is 3. The number of rotatable bonds is 5. The second-order valence-electron chi connectivity index (χ2n) is 8.00. The summed E-state index contributed by atoms with van der Waals surface area (Å²) in [6.45, 7) is 0. The summed E-state index contributed by atoms with van der Waals surface area (Å²) in [4.78, 5) is 0. The molecule has 1 aliphatic heterocycles. The highest BCUT2D eigenvalue weighted by Crippen LogP contribution is 2.75. The van der Waals surface area contributed by atoms with E-state index < -0.39 is 16.9 Å². The van der Waals surface area contributed by atoms with Crippen LogP contribution in [0.4, 0.5) is 0 Å². The van der Waals surface area contributed by atoms with Gasteiger partial charge in [-0.15, -0.1) is 0 Å². The third kappa shape index (κ3) is 1.80. The van der Waals surface area contributed by atoms with Gasteiger partial charge in [0.15, 0.2) is 11.1 Å². The predicted molar refractivity (Wildman–Crippen MR) is 105 cm³/mol. The van der Waals surface area contributed by atoms with E-state index in [1.807, 2.05) is 18.2 Å². The lowest BCUT2D eigenvalue weighted by Crippen LogP contribution is -2.58. The number of benzene rings is 2. The third-order valence-electron chi connectivity index (χ3n) is 7.28. The molecule has 5 rings (SSSR count). The van der Waals surface area contributed by atoms with Gasteiger partial charge in [0.1, 0.15) is 5.75 Å². The Morgan fingerprint density at radius 3 is 1.79 bits per heavy atom. The highest BCUT2D eigenvalue weighted by atomic mass is 16.7. The van der Waals surface area contributed by atoms with Crippen LogP contribution in [0, 0.1) is 11.8 Å². The molecule has 0 spiro atoms. The molecule has 0 aromatic heterocycles. The topological polar surface area (TPSA) is 52.4 Å². The first-order valence-electron chi connectivity index (χ1n) is 9.94. The zero-order valence-corrected chi connectivity index (χ0v) is 16.6. The maximum atomic E-state index is 6.30. The molecule has 0 amide bonds. The molecule has 4 atom stereocenters. The van der Waals surface area contributed by atoms with E-state index in [-0.39, 0.29) is 0 Å². The Morgan fingerprint density at radius 2 is 1.29 bits per heavy atom. The molecule has 2 aliphatic carbocycles. The minimum atomic E-state index is -0.980. The Morgan fingerprint density at radius 1 is 0.750 bits per heavy atom. The van der Waals surface area contributed by atoms with Crippen LogP contribution in [0.1, 0.15) is 30.4 Å². The van der Waals surface area contributed by atoms with E-state index in [4.69, 9.17) is 24.4 Å². The summed E-state index contributed by atoms with van der Waals surface area (Å²) in [5.74, 6) is 0.491. The Labute approximate surface area is 165 Å². The lowest BCUT2D eigenvalue weighted by atomic mass is 9.74. The summed E-state index contributed by atoms with van der Waals surface area (Å²) in [5.41, 5.74) is 0.888. The Kier molecular flexibility index (Phi) is 3.90. The predicted octanol–water partition coefficient (Wildman–Crippen LogP) is 4.67. The fourth-order valence-electron chi connectivity index (χ4n) is 6.34. The maximum Gasteiger partial charge on any atom is 0.232 e. The number of nitrogens with zero attached hydrogens (tertiary/aromatic N) is 2. The largest absolute Gasteiger partial charge is 0.497 e. The van der Waals surface area contributed by atoms with E-state index in [1.165, 1.54) is 6.42 Å². The highest BCUT2D eigenvalue weighted by molar-refractivity contribution is 5.47. The van der Waals surface area contributed by atoms with Crippen molar-refractivity contribution in [3.8, 4) is 5.75 Å². The first-order chi connectivity index (χ1) is 13.7. The monoisotopic (exact) mass is 378 g/mol. The van der Waals surface area contributed by atoms with Crippen molar-refractivity contribution in [1.82, 2.24) is 0 Å². The van der Waals surface area contributed by atoms with Crippen LogP contribution < -0.4 is 4.74 Å². The van der Waals surface area contributed by atoms with Crippen molar-refractivity contribution in [2.45, 2.75) is 36.1 Å². The minimum absolute atomic E-state index is 0.318. The number of fused-ring (bicyclic) bond motifs is 5. The highest BCUT2D eigenvalue weighted by Gasteiger charge is 2.84. The molecule has 2 saturated carbocycles. The van der Waals surface area contributed by atoms with Crippen molar-refractivity contribution < 1.29 is 14.2 Å². The molecule has 146 valence electrons. The fraction of sp³-hybridized carbons (Fsp3) is 0.478. The van der Waals surface area contributed by atoms with Gasteiger partial charge in [0.25, 0.3) is 0 Å². The van der Waals surface area contributed by atoms with Crippen LogP contribution >= 0.6 is 0 Å². The number of methoxy groups -OCH3 is 3. The van der Waals surface area contributed by atoms with E-state index in [2.05, 4.69) is 36.4 Å². The van der Waals surface area contributed by atoms with Gasteiger partial charge in [-0.25, -0.2) is 0 Å². The molecule has 1 heterocycles. The average molecular weight is 378 g/mol.